The van der Waals surface area contributed by atoms with Gasteiger partial charge in [0.1, 0.15) is 11.3 Å². The average molecular weight is 399 g/mol. The number of amides is 1. The van der Waals surface area contributed by atoms with Crippen LogP contribution in [0.15, 0.2) is 41.4 Å². The van der Waals surface area contributed by atoms with Crippen LogP contribution in [0.2, 0.25) is 0 Å². The molecule has 0 atom stereocenters. The number of fused-ring (bicyclic) bond motifs is 1. The van der Waals surface area contributed by atoms with Crippen LogP contribution < -0.4 is 9.54 Å². The Labute approximate surface area is 169 Å². The summed E-state index contributed by atoms with van der Waals surface area (Å²) in [6.07, 6.45) is 0. The Morgan fingerprint density at radius 1 is 1.14 bits per heavy atom. The van der Waals surface area contributed by atoms with Crippen molar-refractivity contribution in [2.75, 3.05) is 19.8 Å². The van der Waals surface area contributed by atoms with Gasteiger partial charge < -0.3 is 14.0 Å². The summed E-state index contributed by atoms with van der Waals surface area (Å²) in [6, 6.07) is 11.7. The first-order valence-corrected chi connectivity index (χ1v) is 10.4. The van der Waals surface area contributed by atoms with Crippen molar-refractivity contribution in [3.05, 3.63) is 57.9 Å². The van der Waals surface area contributed by atoms with Gasteiger partial charge in [0, 0.05) is 18.7 Å². The van der Waals surface area contributed by atoms with Crippen molar-refractivity contribution in [1.29, 1.82) is 0 Å². The number of hydrogen-bond donors (Lipinski definition) is 0. The molecule has 5 nitrogen and oxygen atoms in total. The number of nitrogens with zero attached hydrogens (tertiary/aromatic N) is 2. The normalized spacial score (nSPS) is 11.9. The maximum atomic E-state index is 12.9. The topological polar surface area (TPSA) is 52.8 Å². The van der Waals surface area contributed by atoms with E-state index in [-0.39, 0.29) is 5.91 Å². The van der Waals surface area contributed by atoms with E-state index in [0.717, 1.165) is 27.1 Å². The van der Waals surface area contributed by atoms with Crippen LogP contribution in [0.5, 0.6) is 5.75 Å². The smallest absolute Gasteiger partial charge is 0.279 e. The number of hydrogen-bond acceptors (Lipinski definition) is 4. The predicted octanol–water partition coefficient (Wildman–Crippen LogP) is 4.50. The summed E-state index contributed by atoms with van der Waals surface area (Å²) in [4.78, 5) is 18.0. The van der Waals surface area contributed by atoms with Gasteiger partial charge in [0.25, 0.3) is 5.91 Å². The lowest BCUT2D eigenvalue weighted by molar-refractivity contribution is 0.0996. The molecule has 0 spiro atoms. The standard InChI is InChI=1S/C22H26N2O3S/c1-5-26-13-12-24-20-18(27-6-2)8-7-9-19(20)28-22(24)23-21(25)17-11-10-15(3)14-16(17)4/h7-11,14H,5-6,12-13H2,1-4H3. The molecule has 1 aromatic heterocycles. The number of aryl methyl sites for hydroxylation is 2. The minimum atomic E-state index is -0.229. The van der Waals surface area contributed by atoms with Crippen molar-refractivity contribution in [3.8, 4) is 5.75 Å². The van der Waals surface area contributed by atoms with Crippen LogP contribution in [0.4, 0.5) is 0 Å². The van der Waals surface area contributed by atoms with Crippen molar-refractivity contribution < 1.29 is 14.3 Å². The van der Waals surface area contributed by atoms with E-state index in [1.165, 1.54) is 11.3 Å². The molecule has 0 saturated heterocycles. The quantitative estimate of drug-likeness (QED) is 0.551. The molecule has 0 saturated carbocycles. The third-order valence-corrected chi connectivity index (χ3v) is 5.48. The van der Waals surface area contributed by atoms with E-state index in [4.69, 9.17) is 9.47 Å². The van der Waals surface area contributed by atoms with Gasteiger partial charge in [0.05, 0.1) is 17.9 Å². The van der Waals surface area contributed by atoms with Crippen LogP contribution in [0, 0.1) is 13.8 Å². The molecule has 0 fully saturated rings. The fourth-order valence-corrected chi connectivity index (χ4v) is 4.24. The van der Waals surface area contributed by atoms with Gasteiger partial charge in [0.15, 0.2) is 4.80 Å². The van der Waals surface area contributed by atoms with Crippen molar-refractivity contribution in [2.24, 2.45) is 4.99 Å². The Kier molecular flexibility index (Phi) is 6.65. The maximum Gasteiger partial charge on any atom is 0.279 e. The van der Waals surface area contributed by atoms with Crippen molar-refractivity contribution >= 4 is 27.5 Å². The second-order valence-corrected chi connectivity index (χ2v) is 7.51. The van der Waals surface area contributed by atoms with E-state index in [0.29, 0.717) is 36.7 Å². The number of thiazole rings is 1. The van der Waals surface area contributed by atoms with Gasteiger partial charge in [-0.2, -0.15) is 4.99 Å². The Morgan fingerprint density at radius 3 is 2.68 bits per heavy atom. The number of benzene rings is 2. The van der Waals surface area contributed by atoms with Crippen LogP contribution in [-0.4, -0.2) is 30.3 Å². The van der Waals surface area contributed by atoms with Crippen molar-refractivity contribution in [3.63, 3.8) is 0 Å². The first-order valence-electron chi connectivity index (χ1n) is 9.54. The Hall–Kier alpha value is -2.44. The van der Waals surface area contributed by atoms with Gasteiger partial charge in [-0.05, 0) is 51.5 Å². The molecular formula is C22H26N2O3S. The largest absolute Gasteiger partial charge is 0.492 e. The number of para-hydroxylation sites is 1. The number of rotatable bonds is 7. The Bertz CT molecular complexity index is 1050. The zero-order chi connectivity index (χ0) is 20.1. The highest BCUT2D eigenvalue weighted by atomic mass is 32.1. The molecule has 2 aromatic carbocycles. The van der Waals surface area contributed by atoms with E-state index in [1.54, 1.807) is 0 Å². The van der Waals surface area contributed by atoms with Gasteiger partial charge in [-0.25, -0.2) is 0 Å². The highest BCUT2D eigenvalue weighted by molar-refractivity contribution is 7.16. The summed E-state index contributed by atoms with van der Waals surface area (Å²) in [6.45, 7) is 10.3. The van der Waals surface area contributed by atoms with Gasteiger partial charge >= 0.3 is 0 Å². The van der Waals surface area contributed by atoms with E-state index in [9.17, 15) is 4.79 Å². The zero-order valence-electron chi connectivity index (χ0n) is 16.8. The highest BCUT2D eigenvalue weighted by Gasteiger charge is 2.14. The van der Waals surface area contributed by atoms with Crippen molar-refractivity contribution in [2.45, 2.75) is 34.2 Å². The van der Waals surface area contributed by atoms with Crippen LogP contribution in [-0.2, 0) is 11.3 Å². The molecular weight excluding hydrogens is 372 g/mol. The van der Waals surface area contributed by atoms with Crippen LogP contribution in [0.1, 0.15) is 35.3 Å². The molecule has 0 aliphatic carbocycles. The molecule has 28 heavy (non-hydrogen) atoms. The summed E-state index contributed by atoms with van der Waals surface area (Å²) in [5, 5.41) is 0. The zero-order valence-corrected chi connectivity index (χ0v) is 17.6. The molecule has 3 rings (SSSR count). The molecule has 0 bridgehead atoms. The molecule has 6 heteroatoms. The first-order chi connectivity index (χ1) is 13.5. The van der Waals surface area contributed by atoms with Gasteiger partial charge in [-0.15, -0.1) is 0 Å². The van der Waals surface area contributed by atoms with E-state index >= 15 is 0 Å². The molecule has 0 N–H and O–H groups in total. The van der Waals surface area contributed by atoms with E-state index in [2.05, 4.69) is 4.99 Å². The lowest BCUT2D eigenvalue weighted by atomic mass is 10.1. The maximum absolute atomic E-state index is 12.9. The van der Waals surface area contributed by atoms with Crippen LogP contribution in [0.3, 0.4) is 0 Å². The fraction of sp³-hybridized carbons (Fsp3) is 0.364. The molecule has 0 aliphatic rings. The minimum absolute atomic E-state index is 0.229. The fourth-order valence-electron chi connectivity index (χ4n) is 3.16. The molecule has 1 heterocycles. The van der Waals surface area contributed by atoms with E-state index in [1.807, 2.05) is 68.7 Å². The number of carbonyl (C=O) groups excluding carboxylic acids is 1. The van der Waals surface area contributed by atoms with Crippen molar-refractivity contribution in [1.82, 2.24) is 4.57 Å². The molecule has 0 radical (unpaired) electrons. The third-order valence-electron chi connectivity index (χ3n) is 4.44. The first kappa shape index (κ1) is 20.3. The average Bonchev–Trinajstić information content (AvgIpc) is 3.00. The summed E-state index contributed by atoms with van der Waals surface area (Å²) >= 11 is 1.49. The second kappa shape index (κ2) is 9.17. The summed E-state index contributed by atoms with van der Waals surface area (Å²) < 4.78 is 14.4. The predicted molar refractivity (Wildman–Crippen MR) is 113 cm³/mol. The summed E-state index contributed by atoms with van der Waals surface area (Å²) in [5.41, 5.74) is 3.65. The number of ether oxygens (including phenoxy) is 2. The molecule has 1 amide bonds. The lowest BCUT2D eigenvalue weighted by Crippen LogP contribution is -2.20. The molecule has 3 aromatic rings. The lowest BCUT2D eigenvalue weighted by Gasteiger charge is -2.10. The highest BCUT2D eigenvalue weighted by Crippen LogP contribution is 2.27. The summed E-state index contributed by atoms with van der Waals surface area (Å²) in [7, 11) is 0. The monoisotopic (exact) mass is 398 g/mol. The summed E-state index contributed by atoms with van der Waals surface area (Å²) in [5.74, 6) is 0.570. The number of aromatic nitrogens is 1. The second-order valence-electron chi connectivity index (χ2n) is 6.50. The van der Waals surface area contributed by atoms with Gasteiger partial charge in [-0.1, -0.05) is 35.1 Å². The molecule has 0 aliphatic heterocycles. The van der Waals surface area contributed by atoms with Gasteiger partial charge in [0.2, 0.25) is 0 Å². The van der Waals surface area contributed by atoms with Crippen LogP contribution >= 0.6 is 11.3 Å². The minimum Gasteiger partial charge on any atom is -0.492 e. The third kappa shape index (κ3) is 4.34. The van der Waals surface area contributed by atoms with E-state index < -0.39 is 0 Å². The number of carbonyl (C=O) groups is 1. The molecule has 0 unspecified atom stereocenters. The SMILES string of the molecule is CCOCCn1c(=NC(=O)c2ccc(C)cc2C)sc2cccc(OCC)c21. The molecule has 148 valence electrons. The van der Waals surface area contributed by atoms with Crippen LogP contribution in [0.25, 0.3) is 10.2 Å². The Balaban J connectivity index is 2.12. The Morgan fingerprint density at radius 2 is 1.96 bits per heavy atom. The van der Waals surface area contributed by atoms with Gasteiger partial charge in [-0.3, -0.25) is 4.79 Å².